The molecule has 0 aliphatic heterocycles. The molecule has 0 spiro atoms. The van der Waals surface area contributed by atoms with E-state index in [-0.39, 0.29) is 16.1 Å². The average Bonchev–Trinajstić information content (AvgIpc) is 2.72. The number of nitrogens with one attached hydrogen (secondary N) is 1. The fourth-order valence-electron chi connectivity index (χ4n) is 1.13. The molecule has 1 aromatic heterocycles. The van der Waals surface area contributed by atoms with Gasteiger partial charge in [-0.05, 0) is 15.9 Å². The molecular formula is C10H12BrNO5S2. The third-order valence-electron chi connectivity index (χ3n) is 1.93. The van der Waals surface area contributed by atoms with Gasteiger partial charge in [0.2, 0.25) is 15.8 Å². The van der Waals surface area contributed by atoms with Crippen LogP contribution in [0.4, 0.5) is 0 Å². The molecule has 1 aromatic rings. The van der Waals surface area contributed by atoms with E-state index >= 15 is 0 Å². The van der Waals surface area contributed by atoms with E-state index in [0.717, 1.165) is 11.8 Å². The molecule has 0 aliphatic rings. The fourth-order valence-corrected chi connectivity index (χ4v) is 3.81. The minimum Gasteiger partial charge on any atom is -0.475 e. The lowest BCUT2D eigenvalue weighted by Gasteiger charge is -2.04. The Bertz CT molecular complexity index is 566. The molecule has 2 N–H and O–H groups in total. The Kier molecular flexibility index (Phi) is 6.11. The van der Waals surface area contributed by atoms with Crippen LogP contribution in [-0.2, 0) is 10.0 Å². The lowest BCUT2D eigenvalue weighted by molar-refractivity contribution is 0.0661. The number of aromatic carboxylic acids is 1. The summed E-state index contributed by atoms with van der Waals surface area (Å²) in [5.41, 5.74) is 0. The molecule has 9 heteroatoms. The quantitative estimate of drug-likeness (QED) is 0.536. The van der Waals surface area contributed by atoms with Crippen molar-refractivity contribution in [1.29, 1.82) is 0 Å². The zero-order chi connectivity index (χ0) is 14.5. The van der Waals surface area contributed by atoms with Crippen molar-refractivity contribution in [1.82, 2.24) is 4.72 Å². The lowest BCUT2D eigenvalue weighted by Crippen LogP contribution is -2.26. The molecule has 0 fully saturated rings. The zero-order valence-electron chi connectivity index (χ0n) is 9.76. The standard InChI is InChI=1S/C10H12BrNO5S2/c1-2-4-18-5-3-12-19(15,16)8-6-7(10(13)14)17-9(8)11/h2,6,12H,1,3-5H2,(H,13,14). The number of furan rings is 1. The van der Waals surface area contributed by atoms with Crippen LogP contribution in [0.25, 0.3) is 0 Å². The second-order valence-electron chi connectivity index (χ2n) is 3.32. The van der Waals surface area contributed by atoms with Gasteiger partial charge in [0, 0.05) is 24.1 Å². The monoisotopic (exact) mass is 369 g/mol. The second-order valence-corrected chi connectivity index (χ2v) is 6.92. The molecule has 0 bridgehead atoms. The van der Waals surface area contributed by atoms with Crippen LogP contribution in [0, 0.1) is 0 Å². The summed E-state index contributed by atoms with van der Waals surface area (Å²) >= 11 is 4.42. The summed E-state index contributed by atoms with van der Waals surface area (Å²) in [4.78, 5) is 10.5. The first-order chi connectivity index (χ1) is 8.88. The van der Waals surface area contributed by atoms with E-state index in [1.807, 2.05) is 0 Å². The Labute approximate surface area is 123 Å². The summed E-state index contributed by atoms with van der Waals surface area (Å²) < 4.78 is 30.8. The van der Waals surface area contributed by atoms with E-state index < -0.39 is 21.8 Å². The van der Waals surface area contributed by atoms with E-state index in [4.69, 9.17) is 9.52 Å². The Morgan fingerprint density at radius 2 is 2.32 bits per heavy atom. The lowest BCUT2D eigenvalue weighted by atomic mass is 10.5. The highest BCUT2D eigenvalue weighted by Gasteiger charge is 2.24. The summed E-state index contributed by atoms with van der Waals surface area (Å²) in [5, 5.41) is 8.72. The number of carboxylic acid groups (broad SMARTS) is 1. The highest BCUT2D eigenvalue weighted by molar-refractivity contribution is 9.10. The first-order valence-electron chi connectivity index (χ1n) is 5.09. The largest absolute Gasteiger partial charge is 0.475 e. The van der Waals surface area contributed by atoms with Gasteiger partial charge in [0.15, 0.2) is 4.67 Å². The molecule has 0 saturated carbocycles. The minimum absolute atomic E-state index is 0.129. The van der Waals surface area contributed by atoms with Crippen molar-refractivity contribution in [2.75, 3.05) is 18.1 Å². The van der Waals surface area contributed by atoms with Crippen molar-refractivity contribution < 1.29 is 22.7 Å². The highest BCUT2D eigenvalue weighted by atomic mass is 79.9. The highest BCUT2D eigenvalue weighted by Crippen LogP contribution is 2.25. The number of thioether (sulfide) groups is 1. The minimum atomic E-state index is -3.78. The van der Waals surface area contributed by atoms with Gasteiger partial charge in [0.1, 0.15) is 4.90 Å². The Morgan fingerprint density at radius 1 is 1.63 bits per heavy atom. The average molecular weight is 370 g/mol. The summed E-state index contributed by atoms with van der Waals surface area (Å²) in [6.45, 7) is 3.79. The van der Waals surface area contributed by atoms with E-state index in [0.29, 0.717) is 5.75 Å². The first-order valence-corrected chi connectivity index (χ1v) is 8.52. The molecule has 106 valence electrons. The SMILES string of the molecule is C=CCSCCNS(=O)(=O)c1cc(C(=O)O)oc1Br. The number of carboxylic acids is 1. The van der Waals surface area contributed by atoms with E-state index in [9.17, 15) is 13.2 Å². The van der Waals surface area contributed by atoms with Gasteiger partial charge in [-0.25, -0.2) is 17.9 Å². The van der Waals surface area contributed by atoms with Crippen molar-refractivity contribution in [2.24, 2.45) is 0 Å². The van der Waals surface area contributed by atoms with Crippen molar-refractivity contribution >= 4 is 43.7 Å². The van der Waals surface area contributed by atoms with E-state index in [1.54, 1.807) is 6.08 Å². The van der Waals surface area contributed by atoms with Gasteiger partial charge in [-0.1, -0.05) is 6.08 Å². The second kappa shape index (κ2) is 7.13. The van der Waals surface area contributed by atoms with Gasteiger partial charge in [-0.2, -0.15) is 11.8 Å². The molecule has 0 amide bonds. The maximum Gasteiger partial charge on any atom is 0.371 e. The first kappa shape index (κ1) is 16.3. The van der Waals surface area contributed by atoms with Crippen LogP contribution in [0.1, 0.15) is 10.6 Å². The van der Waals surface area contributed by atoms with Crippen LogP contribution >= 0.6 is 27.7 Å². The van der Waals surface area contributed by atoms with Crippen LogP contribution in [0.5, 0.6) is 0 Å². The van der Waals surface area contributed by atoms with Crippen molar-refractivity contribution in [3.63, 3.8) is 0 Å². The van der Waals surface area contributed by atoms with Gasteiger partial charge >= 0.3 is 5.97 Å². The molecule has 1 heterocycles. The van der Waals surface area contributed by atoms with Crippen LogP contribution in [0.2, 0.25) is 0 Å². The summed E-state index contributed by atoms with van der Waals surface area (Å²) in [7, 11) is -3.78. The fraction of sp³-hybridized carbons (Fsp3) is 0.300. The summed E-state index contributed by atoms with van der Waals surface area (Å²) in [6, 6.07) is 0.964. The van der Waals surface area contributed by atoms with Crippen molar-refractivity contribution in [3.8, 4) is 0 Å². The molecule has 1 rings (SSSR count). The molecule has 0 unspecified atom stereocenters. The Hall–Kier alpha value is -0.770. The summed E-state index contributed by atoms with van der Waals surface area (Å²) in [5.74, 6) is -0.441. The number of hydrogen-bond acceptors (Lipinski definition) is 5. The van der Waals surface area contributed by atoms with Gasteiger partial charge in [-0.3, -0.25) is 0 Å². The maximum atomic E-state index is 11.9. The molecule has 6 nitrogen and oxygen atoms in total. The van der Waals surface area contributed by atoms with Crippen LogP contribution in [-0.4, -0.2) is 37.5 Å². The number of rotatable bonds is 8. The van der Waals surface area contributed by atoms with Crippen molar-refractivity contribution in [2.45, 2.75) is 4.90 Å². The molecule has 0 atom stereocenters. The third kappa shape index (κ3) is 4.68. The maximum absolute atomic E-state index is 11.9. The van der Waals surface area contributed by atoms with E-state index in [1.165, 1.54) is 11.8 Å². The Balaban J connectivity index is 2.72. The number of halogens is 1. The zero-order valence-corrected chi connectivity index (χ0v) is 13.0. The van der Waals surface area contributed by atoms with Gasteiger partial charge < -0.3 is 9.52 Å². The van der Waals surface area contributed by atoms with Gasteiger partial charge in [0.25, 0.3) is 0 Å². The van der Waals surface area contributed by atoms with Crippen LogP contribution < -0.4 is 4.72 Å². The van der Waals surface area contributed by atoms with Gasteiger partial charge in [-0.15, -0.1) is 6.58 Å². The topological polar surface area (TPSA) is 96.6 Å². The number of sulfonamides is 1. The normalized spacial score (nSPS) is 11.4. The molecule has 0 aliphatic carbocycles. The van der Waals surface area contributed by atoms with Gasteiger partial charge in [0.05, 0.1) is 0 Å². The molecule has 0 saturated heterocycles. The van der Waals surface area contributed by atoms with E-state index in [2.05, 4.69) is 27.2 Å². The van der Waals surface area contributed by atoms with Crippen LogP contribution in [0.3, 0.4) is 0 Å². The third-order valence-corrected chi connectivity index (χ3v) is 5.21. The predicted molar refractivity (Wildman–Crippen MR) is 76.1 cm³/mol. The van der Waals surface area contributed by atoms with Crippen LogP contribution in [0.15, 0.2) is 32.7 Å². The Morgan fingerprint density at radius 3 is 2.84 bits per heavy atom. The molecule has 19 heavy (non-hydrogen) atoms. The van der Waals surface area contributed by atoms with Crippen molar-refractivity contribution in [3.05, 3.63) is 29.2 Å². The smallest absolute Gasteiger partial charge is 0.371 e. The summed E-state index contributed by atoms with van der Waals surface area (Å²) in [6.07, 6.45) is 1.73. The number of hydrogen-bond donors (Lipinski definition) is 2. The molecule has 0 radical (unpaired) electrons. The number of carbonyl (C=O) groups is 1. The molecule has 0 aromatic carbocycles. The predicted octanol–water partition coefficient (Wildman–Crippen LogP) is 1.94. The molecular weight excluding hydrogens is 358 g/mol.